The van der Waals surface area contributed by atoms with E-state index >= 15 is 0 Å². The van der Waals surface area contributed by atoms with E-state index in [2.05, 4.69) is 77.1 Å². The van der Waals surface area contributed by atoms with Crippen LogP contribution in [0.25, 0.3) is 0 Å². The van der Waals surface area contributed by atoms with E-state index in [1.54, 1.807) is 0 Å². The minimum Gasteiger partial charge on any atom is -0.306 e. The smallest absolute Gasteiger partial charge is 0.0796 e. The molecule has 0 bridgehead atoms. The van der Waals surface area contributed by atoms with Crippen molar-refractivity contribution in [3.8, 4) is 0 Å². The standard InChI is InChI=1S/C28H57NO2S/c1-8-11-13-15-16-17-19-23-28(5)31-32(7,26-21-20-25-29(6)24-10-3)30-27(4)22-18-14-12-9-2/h12,14,16-17,27-28H,8-11,13,15,18-26H2,1-7H3/b14-12-,17-16-. The van der Waals surface area contributed by atoms with E-state index in [4.69, 9.17) is 8.37 Å². The maximum Gasteiger partial charge on any atom is 0.0796 e. The third-order valence-electron chi connectivity index (χ3n) is 5.67. The third kappa shape index (κ3) is 19.2. The van der Waals surface area contributed by atoms with E-state index in [1.807, 2.05) is 0 Å². The fourth-order valence-corrected chi connectivity index (χ4v) is 6.39. The first kappa shape index (κ1) is 31.7. The van der Waals surface area contributed by atoms with Crippen molar-refractivity contribution >= 4 is 10.6 Å². The van der Waals surface area contributed by atoms with Crippen molar-refractivity contribution in [1.82, 2.24) is 4.90 Å². The third-order valence-corrected chi connectivity index (χ3v) is 8.17. The zero-order valence-corrected chi connectivity index (χ0v) is 23.6. The average molecular weight is 472 g/mol. The predicted octanol–water partition coefficient (Wildman–Crippen LogP) is 8.85. The Morgan fingerprint density at radius 3 is 1.88 bits per heavy atom. The normalized spacial score (nSPS) is 17.2. The minimum atomic E-state index is -1.51. The van der Waals surface area contributed by atoms with Crippen LogP contribution in [-0.2, 0) is 8.37 Å². The fourth-order valence-electron chi connectivity index (χ4n) is 3.84. The summed E-state index contributed by atoms with van der Waals surface area (Å²) >= 11 is 0. The summed E-state index contributed by atoms with van der Waals surface area (Å²) in [5, 5.41) is 0. The predicted molar refractivity (Wildman–Crippen MR) is 148 cm³/mol. The Balaban J connectivity index is 4.61. The van der Waals surface area contributed by atoms with Crippen LogP contribution in [0.3, 0.4) is 0 Å². The quantitative estimate of drug-likeness (QED) is 0.116. The first-order chi connectivity index (χ1) is 15.4. The summed E-state index contributed by atoms with van der Waals surface area (Å²) in [7, 11) is 0.717. The minimum absolute atomic E-state index is 0.241. The first-order valence-corrected chi connectivity index (χ1v) is 15.5. The molecular weight excluding hydrogens is 414 g/mol. The van der Waals surface area contributed by atoms with Gasteiger partial charge < -0.3 is 4.90 Å². The summed E-state index contributed by atoms with van der Waals surface area (Å²) in [5.74, 6) is 1.04. The number of hydrogen-bond donors (Lipinski definition) is 0. The highest BCUT2D eigenvalue weighted by molar-refractivity contribution is 8.25. The highest BCUT2D eigenvalue weighted by Gasteiger charge is 2.22. The Morgan fingerprint density at radius 2 is 1.31 bits per heavy atom. The van der Waals surface area contributed by atoms with Gasteiger partial charge in [0, 0.05) is 12.0 Å². The number of rotatable bonds is 22. The van der Waals surface area contributed by atoms with Gasteiger partial charge in [-0.2, -0.15) is 10.6 Å². The average Bonchev–Trinajstić information content (AvgIpc) is 2.74. The van der Waals surface area contributed by atoms with Crippen molar-refractivity contribution in [2.45, 2.75) is 124 Å². The van der Waals surface area contributed by atoms with Gasteiger partial charge in [-0.15, -0.1) is 0 Å². The molecule has 3 nitrogen and oxygen atoms in total. The zero-order chi connectivity index (χ0) is 24.1. The molecule has 0 aromatic heterocycles. The number of nitrogens with zero attached hydrogens (tertiary/aromatic N) is 1. The summed E-state index contributed by atoms with van der Waals surface area (Å²) in [5.41, 5.74) is 0. The molecule has 3 unspecified atom stereocenters. The molecule has 0 heterocycles. The van der Waals surface area contributed by atoms with Crippen molar-refractivity contribution < 1.29 is 8.37 Å². The monoisotopic (exact) mass is 471 g/mol. The van der Waals surface area contributed by atoms with Crippen LogP contribution in [0.15, 0.2) is 24.3 Å². The molecule has 0 aromatic rings. The topological polar surface area (TPSA) is 21.7 Å². The molecule has 0 spiro atoms. The molecule has 0 saturated carbocycles. The Labute approximate surface area is 204 Å². The van der Waals surface area contributed by atoms with Crippen molar-refractivity contribution in [3.63, 3.8) is 0 Å². The second-order valence-electron chi connectivity index (χ2n) is 9.46. The van der Waals surface area contributed by atoms with Gasteiger partial charge in [-0.3, -0.25) is 8.37 Å². The van der Waals surface area contributed by atoms with Crippen LogP contribution in [-0.4, -0.2) is 49.3 Å². The summed E-state index contributed by atoms with van der Waals surface area (Å²) in [6, 6.07) is 0. The lowest BCUT2D eigenvalue weighted by molar-refractivity contribution is 0.159. The van der Waals surface area contributed by atoms with Gasteiger partial charge in [-0.05, 0) is 98.2 Å². The lowest BCUT2D eigenvalue weighted by atomic mass is 10.1. The van der Waals surface area contributed by atoms with Gasteiger partial charge in [-0.1, -0.05) is 57.9 Å². The summed E-state index contributed by atoms with van der Waals surface area (Å²) in [4.78, 5) is 2.44. The number of unbranched alkanes of at least 4 members (excludes halogenated alkanes) is 4. The van der Waals surface area contributed by atoms with Gasteiger partial charge in [0.15, 0.2) is 0 Å². The summed E-state index contributed by atoms with van der Waals surface area (Å²) in [6.07, 6.45) is 26.2. The van der Waals surface area contributed by atoms with Crippen LogP contribution in [0.5, 0.6) is 0 Å². The van der Waals surface area contributed by atoms with Crippen LogP contribution in [0.1, 0.15) is 112 Å². The van der Waals surface area contributed by atoms with Gasteiger partial charge in [-0.25, -0.2) is 0 Å². The molecule has 0 aliphatic heterocycles. The van der Waals surface area contributed by atoms with E-state index in [1.165, 1.54) is 58.0 Å². The molecule has 0 rings (SSSR count). The molecule has 3 atom stereocenters. The van der Waals surface area contributed by atoms with Crippen LogP contribution in [0.4, 0.5) is 0 Å². The summed E-state index contributed by atoms with van der Waals surface area (Å²) < 4.78 is 13.2. The molecule has 0 aromatic carbocycles. The lowest BCUT2D eigenvalue weighted by Crippen LogP contribution is -2.23. The fraction of sp³-hybridized carbons (Fsp3) is 0.857. The van der Waals surface area contributed by atoms with E-state index < -0.39 is 10.6 Å². The second-order valence-corrected chi connectivity index (χ2v) is 12.1. The second kappa shape index (κ2) is 21.3. The van der Waals surface area contributed by atoms with E-state index in [9.17, 15) is 0 Å². The molecule has 0 fully saturated rings. The van der Waals surface area contributed by atoms with Gasteiger partial charge in [0.05, 0.1) is 12.2 Å². The lowest BCUT2D eigenvalue weighted by Gasteiger charge is -2.43. The zero-order valence-electron chi connectivity index (χ0n) is 22.7. The van der Waals surface area contributed by atoms with Crippen LogP contribution < -0.4 is 0 Å². The molecule has 4 heteroatoms. The molecule has 0 radical (unpaired) electrons. The molecule has 0 saturated heterocycles. The largest absolute Gasteiger partial charge is 0.306 e. The van der Waals surface area contributed by atoms with Gasteiger partial charge >= 0.3 is 0 Å². The van der Waals surface area contributed by atoms with E-state index in [0.717, 1.165) is 37.9 Å². The molecule has 0 N–H and O–H groups in total. The van der Waals surface area contributed by atoms with Crippen molar-refractivity contribution in [2.75, 3.05) is 32.1 Å². The van der Waals surface area contributed by atoms with Crippen molar-refractivity contribution in [2.24, 2.45) is 0 Å². The molecule has 0 aliphatic carbocycles. The van der Waals surface area contributed by atoms with Crippen LogP contribution in [0, 0.1) is 0 Å². The Bertz CT molecular complexity index is 468. The molecule has 32 heavy (non-hydrogen) atoms. The molecular formula is C28H57NO2S. The van der Waals surface area contributed by atoms with Crippen molar-refractivity contribution in [3.05, 3.63) is 24.3 Å². The van der Waals surface area contributed by atoms with Crippen LogP contribution in [0.2, 0.25) is 0 Å². The Morgan fingerprint density at radius 1 is 0.719 bits per heavy atom. The highest BCUT2D eigenvalue weighted by Crippen LogP contribution is 2.50. The molecule has 0 amide bonds. The van der Waals surface area contributed by atoms with Crippen LogP contribution >= 0.6 is 10.6 Å². The van der Waals surface area contributed by atoms with Gasteiger partial charge in [0.25, 0.3) is 0 Å². The first-order valence-electron chi connectivity index (χ1n) is 13.5. The Hall–Kier alpha value is -0.290. The molecule has 0 aliphatic rings. The molecule has 192 valence electrons. The number of allylic oxidation sites excluding steroid dienone is 4. The van der Waals surface area contributed by atoms with E-state index in [0.29, 0.717) is 0 Å². The van der Waals surface area contributed by atoms with Gasteiger partial charge in [0.1, 0.15) is 0 Å². The van der Waals surface area contributed by atoms with Gasteiger partial charge in [0.2, 0.25) is 0 Å². The maximum absolute atomic E-state index is 6.63. The van der Waals surface area contributed by atoms with Crippen molar-refractivity contribution in [1.29, 1.82) is 0 Å². The number of hydrogen-bond acceptors (Lipinski definition) is 3. The maximum atomic E-state index is 6.63. The summed E-state index contributed by atoms with van der Waals surface area (Å²) in [6.45, 7) is 13.5. The highest BCUT2D eigenvalue weighted by atomic mass is 32.3. The SMILES string of the molecule is CC/C=C\CCC(C)OS(C)(CCCCN(C)CCC)OC(C)CC/C=C\CCCCC. The van der Waals surface area contributed by atoms with E-state index in [-0.39, 0.29) is 12.2 Å². The Kier molecular flexibility index (Phi) is 21.1.